The minimum Gasteiger partial charge on any atom is -0.468 e. The number of nitrogens with two attached hydrogens (primary N) is 1. The Hall–Kier alpha value is -3.43. The standard InChI is InChI=1S/C18H22N2O8/c1-9(12(17(24)27-3)18(25)28-4)13(14(19)21)20-15(22)10-6-5-7-11(8-10)16(23)26-2/h5-9,12-13H,1-4H3,(H2,19,21)(H,20,22)/t9-,13-/m0/s1. The van der Waals surface area contributed by atoms with E-state index in [1.54, 1.807) is 0 Å². The first-order chi connectivity index (χ1) is 13.2. The smallest absolute Gasteiger partial charge is 0.337 e. The summed E-state index contributed by atoms with van der Waals surface area (Å²) in [6.45, 7) is 1.37. The van der Waals surface area contributed by atoms with Crippen LogP contribution in [0.5, 0.6) is 0 Å². The van der Waals surface area contributed by atoms with E-state index in [0.717, 1.165) is 14.2 Å². The van der Waals surface area contributed by atoms with Crippen molar-refractivity contribution in [3.05, 3.63) is 35.4 Å². The second kappa shape index (κ2) is 10.0. The molecule has 1 aromatic rings. The fourth-order valence-corrected chi connectivity index (χ4v) is 2.56. The molecule has 0 aliphatic carbocycles. The Bertz CT molecular complexity index is 761. The molecule has 0 unspecified atom stereocenters. The summed E-state index contributed by atoms with van der Waals surface area (Å²) in [6.07, 6.45) is 0. The average Bonchev–Trinajstić information content (AvgIpc) is 2.70. The summed E-state index contributed by atoms with van der Waals surface area (Å²) < 4.78 is 13.7. The van der Waals surface area contributed by atoms with Crippen LogP contribution in [0.2, 0.25) is 0 Å². The zero-order chi connectivity index (χ0) is 21.4. The second-order valence-corrected chi connectivity index (χ2v) is 5.81. The van der Waals surface area contributed by atoms with Crippen molar-refractivity contribution in [2.24, 2.45) is 17.6 Å². The largest absolute Gasteiger partial charge is 0.468 e. The average molecular weight is 394 g/mol. The lowest BCUT2D eigenvalue weighted by Gasteiger charge is -2.26. The molecule has 28 heavy (non-hydrogen) atoms. The maximum atomic E-state index is 12.5. The number of carbonyl (C=O) groups excluding carboxylic acids is 5. The first-order valence-corrected chi connectivity index (χ1v) is 8.12. The molecule has 0 radical (unpaired) electrons. The highest BCUT2D eigenvalue weighted by Crippen LogP contribution is 2.20. The molecule has 0 aromatic heterocycles. The molecule has 0 saturated carbocycles. The van der Waals surface area contributed by atoms with Crippen molar-refractivity contribution < 1.29 is 38.2 Å². The number of rotatable bonds is 8. The van der Waals surface area contributed by atoms with Crippen LogP contribution < -0.4 is 11.1 Å². The van der Waals surface area contributed by atoms with Gasteiger partial charge in [0.05, 0.1) is 26.9 Å². The minimum absolute atomic E-state index is 0.0500. The predicted molar refractivity (Wildman–Crippen MR) is 94.9 cm³/mol. The molecule has 0 saturated heterocycles. The van der Waals surface area contributed by atoms with E-state index in [9.17, 15) is 24.0 Å². The van der Waals surface area contributed by atoms with Gasteiger partial charge in [0.25, 0.3) is 5.91 Å². The topological polar surface area (TPSA) is 151 Å². The van der Waals surface area contributed by atoms with Crippen molar-refractivity contribution in [2.45, 2.75) is 13.0 Å². The third-order valence-electron chi connectivity index (χ3n) is 4.10. The summed E-state index contributed by atoms with van der Waals surface area (Å²) in [7, 11) is 3.34. The third kappa shape index (κ3) is 5.29. The number of ether oxygens (including phenoxy) is 3. The van der Waals surface area contributed by atoms with Crippen molar-refractivity contribution >= 4 is 29.7 Å². The molecule has 2 amide bonds. The number of nitrogens with one attached hydrogen (secondary N) is 1. The fraction of sp³-hybridized carbons (Fsp3) is 0.389. The van der Waals surface area contributed by atoms with Crippen LogP contribution in [0.4, 0.5) is 0 Å². The van der Waals surface area contributed by atoms with Crippen LogP contribution in [0.25, 0.3) is 0 Å². The van der Waals surface area contributed by atoms with Gasteiger partial charge in [0, 0.05) is 11.5 Å². The Morgan fingerprint density at radius 3 is 1.93 bits per heavy atom. The molecule has 0 heterocycles. The van der Waals surface area contributed by atoms with Gasteiger partial charge in [0.15, 0.2) is 5.92 Å². The minimum atomic E-state index is -1.48. The molecule has 152 valence electrons. The van der Waals surface area contributed by atoms with Crippen LogP contribution >= 0.6 is 0 Å². The van der Waals surface area contributed by atoms with Gasteiger partial charge in [0.2, 0.25) is 5.91 Å². The third-order valence-corrected chi connectivity index (χ3v) is 4.10. The number of primary amides is 1. The summed E-state index contributed by atoms with van der Waals surface area (Å²) in [5, 5.41) is 2.37. The van der Waals surface area contributed by atoms with Gasteiger partial charge in [-0.1, -0.05) is 13.0 Å². The zero-order valence-electron chi connectivity index (χ0n) is 15.9. The fourth-order valence-electron chi connectivity index (χ4n) is 2.56. The van der Waals surface area contributed by atoms with E-state index in [1.807, 2.05) is 0 Å². The van der Waals surface area contributed by atoms with Crippen LogP contribution in [-0.2, 0) is 28.6 Å². The Labute approximate surface area is 161 Å². The van der Waals surface area contributed by atoms with Crippen LogP contribution in [-0.4, -0.2) is 57.1 Å². The molecule has 1 rings (SSSR count). The van der Waals surface area contributed by atoms with Gasteiger partial charge >= 0.3 is 17.9 Å². The van der Waals surface area contributed by atoms with Crippen LogP contribution in [0.3, 0.4) is 0 Å². The molecule has 10 nitrogen and oxygen atoms in total. The van der Waals surface area contributed by atoms with Gasteiger partial charge in [-0.2, -0.15) is 0 Å². The predicted octanol–water partition coefficient (Wildman–Crippen LogP) is -0.345. The van der Waals surface area contributed by atoms with Crippen LogP contribution in [0.1, 0.15) is 27.6 Å². The summed E-state index contributed by atoms with van der Waals surface area (Å²) in [5.41, 5.74) is 5.53. The number of methoxy groups -OCH3 is 3. The van der Waals surface area contributed by atoms with Gasteiger partial charge in [-0.05, 0) is 18.2 Å². The Morgan fingerprint density at radius 1 is 0.929 bits per heavy atom. The Morgan fingerprint density at radius 2 is 1.46 bits per heavy atom. The van der Waals surface area contributed by atoms with Crippen molar-refractivity contribution in [3.63, 3.8) is 0 Å². The Balaban J connectivity index is 3.14. The molecule has 3 N–H and O–H groups in total. The van der Waals surface area contributed by atoms with Crippen LogP contribution in [0.15, 0.2) is 24.3 Å². The molecular weight excluding hydrogens is 372 g/mol. The van der Waals surface area contributed by atoms with Crippen molar-refractivity contribution in [3.8, 4) is 0 Å². The maximum absolute atomic E-state index is 12.5. The monoisotopic (exact) mass is 394 g/mol. The lowest BCUT2D eigenvalue weighted by Crippen LogP contribution is -2.52. The SMILES string of the molecule is COC(=O)c1cccc(C(=O)N[C@H](C(N)=O)[C@@H](C)C(C(=O)OC)C(=O)OC)c1. The molecule has 1 aromatic carbocycles. The van der Waals surface area contributed by atoms with E-state index in [1.165, 1.54) is 38.3 Å². The number of benzene rings is 1. The molecule has 0 fully saturated rings. The van der Waals surface area contributed by atoms with Crippen LogP contribution in [0, 0.1) is 11.8 Å². The summed E-state index contributed by atoms with van der Waals surface area (Å²) >= 11 is 0. The van der Waals surface area contributed by atoms with E-state index < -0.39 is 47.6 Å². The lowest BCUT2D eigenvalue weighted by atomic mass is 9.86. The maximum Gasteiger partial charge on any atom is 0.337 e. The van der Waals surface area contributed by atoms with E-state index in [0.29, 0.717) is 0 Å². The molecule has 2 atom stereocenters. The van der Waals surface area contributed by atoms with Gasteiger partial charge in [-0.3, -0.25) is 19.2 Å². The van der Waals surface area contributed by atoms with E-state index in [2.05, 4.69) is 19.5 Å². The highest BCUT2D eigenvalue weighted by Gasteiger charge is 2.41. The lowest BCUT2D eigenvalue weighted by molar-refractivity contribution is -0.161. The number of carbonyl (C=O) groups is 5. The highest BCUT2D eigenvalue weighted by molar-refractivity contribution is 6.01. The Kier molecular flexibility index (Phi) is 8.11. The van der Waals surface area contributed by atoms with Crippen molar-refractivity contribution in [2.75, 3.05) is 21.3 Å². The van der Waals surface area contributed by atoms with E-state index in [-0.39, 0.29) is 11.1 Å². The van der Waals surface area contributed by atoms with E-state index in [4.69, 9.17) is 5.73 Å². The molecule has 0 spiro atoms. The zero-order valence-corrected chi connectivity index (χ0v) is 15.9. The first-order valence-electron chi connectivity index (χ1n) is 8.12. The number of hydrogen-bond acceptors (Lipinski definition) is 8. The number of hydrogen-bond donors (Lipinski definition) is 2. The summed E-state index contributed by atoms with van der Waals surface area (Å²) in [4.78, 5) is 59.9. The summed E-state index contributed by atoms with van der Waals surface area (Å²) in [5.74, 6) is -6.78. The van der Waals surface area contributed by atoms with Crippen molar-refractivity contribution in [1.82, 2.24) is 5.32 Å². The van der Waals surface area contributed by atoms with Gasteiger partial charge in [-0.25, -0.2) is 4.79 Å². The van der Waals surface area contributed by atoms with E-state index >= 15 is 0 Å². The summed E-state index contributed by atoms with van der Waals surface area (Å²) in [6, 6.07) is 4.18. The van der Waals surface area contributed by atoms with Crippen molar-refractivity contribution in [1.29, 1.82) is 0 Å². The quantitative estimate of drug-likeness (QED) is 0.345. The molecule has 0 bridgehead atoms. The normalized spacial score (nSPS) is 12.5. The molecule has 10 heteroatoms. The number of esters is 3. The van der Waals surface area contributed by atoms with Gasteiger partial charge < -0.3 is 25.3 Å². The number of amides is 2. The molecule has 0 aliphatic rings. The first kappa shape index (κ1) is 22.6. The second-order valence-electron chi connectivity index (χ2n) is 5.81. The highest BCUT2D eigenvalue weighted by atomic mass is 16.5. The molecular formula is C18H22N2O8. The molecule has 0 aliphatic heterocycles. The van der Waals surface area contributed by atoms with Gasteiger partial charge in [0.1, 0.15) is 6.04 Å². The van der Waals surface area contributed by atoms with Gasteiger partial charge in [-0.15, -0.1) is 0 Å².